The molecule has 0 amide bonds. The largest absolute Gasteiger partial charge is 0.492 e. The maximum atomic E-state index is 11.8. The third kappa shape index (κ3) is 1.88. The van der Waals surface area contributed by atoms with E-state index in [1.807, 2.05) is 6.92 Å². The topological polar surface area (TPSA) is 69.1 Å². The lowest BCUT2D eigenvalue weighted by Gasteiger charge is -2.36. The number of nitrogens with one attached hydrogen (secondary N) is 1. The van der Waals surface area contributed by atoms with Crippen LogP contribution in [0.4, 0.5) is 0 Å². The summed E-state index contributed by atoms with van der Waals surface area (Å²) in [6.07, 6.45) is 4.22. The Bertz CT molecular complexity index is 872. The van der Waals surface area contributed by atoms with E-state index >= 15 is 0 Å². The van der Waals surface area contributed by atoms with Crippen LogP contribution in [-0.4, -0.2) is 27.5 Å². The number of H-pyrrole nitrogens is 1. The first-order chi connectivity index (χ1) is 11.6. The Morgan fingerprint density at radius 2 is 2.12 bits per heavy atom. The lowest BCUT2D eigenvalue weighted by atomic mass is 9.88. The molecule has 2 fully saturated rings. The first-order valence-electron chi connectivity index (χ1n) is 8.64. The molecule has 2 saturated carbocycles. The fourth-order valence-electron chi connectivity index (χ4n) is 4.12. The highest BCUT2D eigenvalue weighted by atomic mass is 16.5. The first-order valence-corrected chi connectivity index (χ1v) is 8.64. The highest BCUT2D eigenvalue weighted by Gasteiger charge is 2.53. The van der Waals surface area contributed by atoms with E-state index < -0.39 is 0 Å². The average molecular weight is 327 g/mol. The zero-order chi connectivity index (χ0) is 16.5. The Labute approximate surface area is 139 Å². The van der Waals surface area contributed by atoms with Crippen molar-refractivity contribution >= 4 is 0 Å². The Kier molecular flexibility index (Phi) is 2.74. The summed E-state index contributed by atoms with van der Waals surface area (Å²) < 4.78 is 14.0. The van der Waals surface area contributed by atoms with Crippen LogP contribution >= 0.6 is 0 Å². The predicted molar refractivity (Wildman–Crippen MR) is 87.9 cm³/mol. The average Bonchev–Trinajstić information content (AvgIpc) is 3.09. The second kappa shape index (κ2) is 4.65. The summed E-state index contributed by atoms with van der Waals surface area (Å²) in [5.41, 5.74) is 2.55. The van der Waals surface area contributed by atoms with Crippen molar-refractivity contribution in [3.8, 4) is 11.5 Å². The second-order valence-electron chi connectivity index (χ2n) is 7.46. The predicted octanol–water partition coefficient (Wildman–Crippen LogP) is 2.39. The van der Waals surface area contributed by atoms with Gasteiger partial charge in [-0.15, -0.1) is 0 Å². The van der Waals surface area contributed by atoms with Crippen LogP contribution in [0.15, 0.2) is 16.9 Å². The number of nitrogens with zero attached hydrogens (tertiary/aromatic N) is 2. The molecule has 1 aromatic carbocycles. The molecule has 3 aliphatic rings. The smallest absolute Gasteiger partial charge is 0.343 e. The van der Waals surface area contributed by atoms with Gasteiger partial charge in [-0.25, -0.2) is 9.89 Å². The van der Waals surface area contributed by atoms with E-state index in [1.165, 1.54) is 24.0 Å². The molecule has 2 heterocycles. The second-order valence-corrected chi connectivity index (χ2v) is 7.46. The number of fused-ring (bicyclic) bond motifs is 2. The van der Waals surface area contributed by atoms with Gasteiger partial charge in [-0.2, -0.15) is 5.10 Å². The number of benzene rings is 1. The number of aromatic nitrogens is 3. The molecule has 2 aromatic rings. The summed E-state index contributed by atoms with van der Waals surface area (Å²) in [7, 11) is 0. The molecule has 6 nitrogen and oxygen atoms in total. The summed E-state index contributed by atoms with van der Waals surface area (Å²) >= 11 is 0. The number of aromatic amines is 1. The van der Waals surface area contributed by atoms with Gasteiger partial charge < -0.3 is 9.47 Å². The summed E-state index contributed by atoms with van der Waals surface area (Å²) in [5, 5.41) is 6.49. The van der Waals surface area contributed by atoms with Gasteiger partial charge in [0.25, 0.3) is 0 Å². The van der Waals surface area contributed by atoms with E-state index in [0.29, 0.717) is 0 Å². The van der Waals surface area contributed by atoms with Crippen molar-refractivity contribution < 1.29 is 9.47 Å². The number of hydrogen-bond acceptors (Lipinski definition) is 4. The lowest BCUT2D eigenvalue weighted by molar-refractivity contribution is 0.0668. The summed E-state index contributed by atoms with van der Waals surface area (Å²) in [6, 6.07) is 4.35. The molecule has 0 bridgehead atoms. The van der Waals surface area contributed by atoms with Gasteiger partial charge in [0.15, 0.2) is 0 Å². The van der Waals surface area contributed by atoms with Crippen LogP contribution in [0.5, 0.6) is 11.5 Å². The van der Waals surface area contributed by atoms with Crippen LogP contribution in [0.2, 0.25) is 0 Å². The number of hydrogen-bond donors (Lipinski definition) is 1. The maximum absolute atomic E-state index is 11.8. The monoisotopic (exact) mass is 327 g/mol. The molecule has 5 rings (SSSR count). The Morgan fingerprint density at radius 1 is 1.33 bits per heavy atom. The van der Waals surface area contributed by atoms with Gasteiger partial charge in [0, 0.05) is 29.9 Å². The van der Waals surface area contributed by atoms with Gasteiger partial charge in [-0.05, 0) is 38.3 Å². The molecular formula is C18H21N3O3. The first kappa shape index (κ1) is 14.1. The molecule has 0 unspecified atom stereocenters. The van der Waals surface area contributed by atoms with E-state index in [0.717, 1.165) is 36.8 Å². The van der Waals surface area contributed by atoms with Crippen LogP contribution in [0.3, 0.4) is 0 Å². The van der Waals surface area contributed by atoms with Gasteiger partial charge >= 0.3 is 5.69 Å². The fourth-order valence-corrected chi connectivity index (χ4v) is 4.12. The Balaban J connectivity index is 1.36. The number of ether oxygens (including phenoxy) is 2. The van der Waals surface area contributed by atoms with E-state index in [-0.39, 0.29) is 23.3 Å². The normalized spacial score (nSPS) is 25.9. The van der Waals surface area contributed by atoms with Gasteiger partial charge in [-0.1, -0.05) is 6.07 Å². The zero-order valence-corrected chi connectivity index (χ0v) is 14.0. The third-order valence-corrected chi connectivity index (χ3v) is 5.80. The van der Waals surface area contributed by atoms with Crippen molar-refractivity contribution in [3.05, 3.63) is 39.6 Å². The maximum Gasteiger partial charge on any atom is 0.343 e. The van der Waals surface area contributed by atoms with E-state index in [4.69, 9.17) is 9.47 Å². The zero-order valence-electron chi connectivity index (χ0n) is 14.0. The molecule has 24 heavy (non-hydrogen) atoms. The molecule has 2 aliphatic carbocycles. The fraction of sp³-hybridized carbons (Fsp3) is 0.556. The Morgan fingerprint density at radius 3 is 2.79 bits per heavy atom. The highest BCUT2D eigenvalue weighted by Crippen LogP contribution is 2.59. The molecule has 1 aromatic heterocycles. The minimum Gasteiger partial charge on any atom is -0.492 e. The summed E-state index contributed by atoms with van der Waals surface area (Å²) in [6.45, 7) is 4.74. The van der Waals surface area contributed by atoms with Crippen molar-refractivity contribution in [1.29, 1.82) is 0 Å². The standard InChI is InChI=1S/C18H21N3O3/c1-10-3-4-14(15-16(10)23-9-18(15)5-6-18)24-13-7-12(8-13)21-11(2)19-20-17(21)22/h3-4,12-13H,5-9H2,1-2H3,(H,20,22)/t12-,13+. The van der Waals surface area contributed by atoms with Crippen LogP contribution in [0, 0.1) is 13.8 Å². The van der Waals surface area contributed by atoms with Crippen molar-refractivity contribution in [2.24, 2.45) is 0 Å². The van der Waals surface area contributed by atoms with Crippen molar-refractivity contribution in [2.75, 3.05) is 6.61 Å². The van der Waals surface area contributed by atoms with Crippen LogP contribution < -0.4 is 15.2 Å². The molecule has 1 spiro atoms. The molecule has 0 radical (unpaired) electrons. The lowest BCUT2D eigenvalue weighted by Crippen LogP contribution is -2.39. The van der Waals surface area contributed by atoms with E-state index in [9.17, 15) is 4.79 Å². The molecule has 1 N–H and O–H groups in total. The minimum absolute atomic E-state index is 0.127. The minimum atomic E-state index is -0.127. The summed E-state index contributed by atoms with van der Waals surface area (Å²) in [5.74, 6) is 2.75. The van der Waals surface area contributed by atoms with Crippen molar-refractivity contribution in [1.82, 2.24) is 14.8 Å². The van der Waals surface area contributed by atoms with Gasteiger partial charge in [0.2, 0.25) is 0 Å². The van der Waals surface area contributed by atoms with Crippen LogP contribution in [0.1, 0.15) is 48.7 Å². The molecular weight excluding hydrogens is 306 g/mol. The van der Waals surface area contributed by atoms with Gasteiger partial charge in [0.05, 0.1) is 6.61 Å². The molecule has 1 aliphatic heterocycles. The summed E-state index contributed by atoms with van der Waals surface area (Å²) in [4.78, 5) is 11.8. The van der Waals surface area contributed by atoms with Crippen LogP contribution in [-0.2, 0) is 5.41 Å². The molecule has 6 heteroatoms. The van der Waals surface area contributed by atoms with Gasteiger partial charge in [0.1, 0.15) is 23.4 Å². The highest BCUT2D eigenvalue weighted by molar-refractivity contribution is 5.58. The molecule has 126 valence electrons. The number of aryl methyl sites for hydroxylation is 2. The van der Waals surface area contributed by atoms with Crippen molar-refractivity contribution in [2.45, 2.75) is 57.1 Å². The Hall–Kier alpha value is -2.24. The molecule has 0 atom stereocenters. The SMILES string of the molecule is Cc1ccc(O[C@H]2C[C@@H](n3c(C)n[nH]c3=O)C2)c2c1OCC21CC1. The van der Waals surface area contributed by atoms with E-state index in [1.54, 1.807) is 4.57 Å². The van der Waals surface area contributed by atoms with E-state index in [2.05, 4.69) is 29.3 Å². The number of rotatable bonds is 3. The van der Waals surface area contributed by atoms with Gasteiger partial charge in [-0.3, -0.25) is 4.57 Å². The third-order valence-electron chi connectivity index (χ3n) is 5.80. The molecule has 0 saturated heterocycles. The quantitative estimate of drug-likeness (QED) is 0.940. The van der Waals surface area contributed by atoms with Crippen molar-refractivity contribution in [3.63, 3.8) is 0 Å². The van der Waals surface area contributed by atoms with Crippen LogP contribution in [0.25, 0.3) is 0 Å².